The molecule has 0 spiro atoms. The van der Waals surface area contributed by atoms with Crippen LogP contribution in [0.3, 0.4) is 0 Å². The average molecular weight is 533 g/mol. The number of halogens is 2. The fraction of sp³-hybridized carbons (Fsp3) is 0.107. The maximum atomic E-state index is 13.8. The minimum Gasteiger partial charge on any atom is -0.478 e. The van der Waals surface area contributed by atoms with E-state index in [0.29, 0.717) is 19.4 Å². The van der Waals surface area contributed by atoms with E-state index < -0.39 is 12.0 Å². The fourth-order valence-corrected chi connectivity index (χ4v) is 6.41. The number of rotatable bonds is 3. The minimum absolute atomic E-state index is 0.164. The normalized spacial score (nSPS) is 16.7. The molecule has 178 valence electrons. The Bertz CT molecular complexity index is 1770. The Morgan fingerprint density at radius 2 is 1.83 bits per heavy atom. The molecule has 1 unspecified atom stereocenters. The molecule has 2 heterocycles. The second-order valence-electron chi connectivity index (χ2n) is 8.71. The highest BCUT2D eigenvalue weighted by molar-refractivity contribution is 7.07. The van der Waals surface area contributed by atoms with E-state index in [2.05, 4.69) is 12.1 Å². The summed E-state index contributed by atoms with van der Waals surface area (Å²) in [5, 5.41) is 10.2. The Balaban J connectivity index is 1.60. The zero-order valence-corrected chi connectivity index (χ0v) is 21.1. The third-order valence-corrected chi connectivity index (χ3v) is 8.13. The first-order chi connectivity index (χ1) is 17.4. The Morgan fingerprint density at radius 1 is 1.06 bits per heavy atom. The van der Waals surface area contributed by atoms with Gasteiger partial charge in [-0.2, -0.15) is 0 Å². The number of allylic oxidation sites excluding steroid dienone is 1. The lowest BCUT2D eigenvalue weighted by Crippen LogP contribution is -2.38. The molecule has 0 amide bonds. The van der Waals surface area contributed by atoms with Crippen molar-refractivity contribution in [1.29, 1.82) is 0 Å². The molecule has 0 fully saturated rings. The number of carboxylic acids is 1. The summed E-state index contributed by atoms with van der Waals surface area (Å²) in [5.41, 5.74) is 5.84. The van der Waals surface area contributed by atoms with E-state index in [-0.39, 0.29) is 11.1 Å². The third kappa shape index (κ3) is 3.82. The van der Waals surface area contributed by atoms with E-state index in [1.165, 1.54) is 29.0 Å². The third-order valence-electron chi connectivity index (χ3n) is 6.59. The van der Waals surface area contributed by atoms with Gasteiger partial charge in [-0.05, 0) is 65.4 Å². The smallest absolute Gasteiger partial charge is 0.335 e. The summed E-state index contributed by atoms with van der Waals surface area (Å²) < 4.78 is 2.24. The first-order valence-corrected chi connectivity index (χ1v) is 12.9. The molecule has 0 saturated heterocycles. The molecule has 1 aliphatic carbocycles. The van der Waals surface area contributed by atoms with Crippen molar-refractivity contribution in [3.8, 4) is 0 Å². The van der Waals surface area contributed by atoms with Gasteiger partial charge in [0.2, 0.25) is 0 Å². The molecule has 4 aromatic rings. The van der Waals surface area contributed by atoms with Crippen LogP contribution < -0.4 is 14.9 Å². The van der Waals surface area contributed by atoms with Crippen molar-refractivity contribution in [2.24, 2.45) is 4.99 Å². The number of hydrogen-bond donors (Lipinski definition) is 1. The Labute approximate surface area is 219 Å². The summed E-state index contributed by atoms with van der Waals surface area (Å²) in [6, 6.07) is 19.6. The van der Waals surface area contributed by atoms with Crippen molar-refractivity contribution in [2.45, 2.75) is 18.9 Å². The lowest BCUT2D eigenvalue weighted by Gasteiger charge is -2.31. The molecule has 0 bridgehead atoms. The van der Waals surface area contributed by atoms with Gasteiger partial charge in [-0.3, -0.25) is 9.36 Å². The van der Waals surface area contributed by atoms with Crippen LogP contribution in [-0.2, 0) is 6.42 Å². The van der Waals surface area contributed by atoms with Crippen LogP contribution >= 0.6 is 34.5 Å². The number of fused-ring (bicyclic) bond motifs is 3. The highest BCUT2D eigenvalue weighted by atomic mass is 35.5. The summed E-state index contributed by atoms with van der Waals surface area (Å²) in [4.78, 5) is 30.5. The van der Waals surface area contributed by atoms with Crippen LogP contribution in [0.2, 0.25) is 10.0 Å². The molecule has 1 atom stereocenters. The van der Waals surface area contributed by atoms with Crippen molar-refractivity contribution < 1.29 is 9.90 Å². The summed E-state index contributed by atoms with van der Waals surface area (Å²) in [7, 11) is 0. The van der Waals surface area contributed by atoms with Crippen LogP contribution in [0.15, 0.2) is 82.1 Å². The molecule has 1 aliphatic heterocycles. The van der Waals surface area contributed by atoms with Gasteiger partial charge in [0, 0.05) is 15.6 Å². The predicted molar refractivity (Wildman–Crippen MR) is 143 cm³/mol. The van der Waals surface area contributed by atoms with Gasteiger partial charge in [0.05, 0.1) is 21.8 Å². The number of thiazole rings is 1. The monoisotopic (exact) mass is 532 g/mol. The summed E-state index contributed by atoms with van der Waals surface area (Å²) in [6.07, 6.45) is 3.39. The summed E-state index contributed by atoms with van der Waals surface area (Å²) >= 11 is 14.2. The zero-order valence-electron chi connectivity index (χ0n) is 18.7. The fourth-order valence-electron chi connectivity index (χ4n) is 4.90. The molecule has 5 nitrogen and oxygen atoms in total. The SMILES string of the molecule is O=C(O)c1ccc(/C=c2\sc3n(c2=O)C(c2ccc(Cl)cc2Cl)C2=C(N=3)c3ccccc3CC2)cc1. The number of aromatic nitrogens is 1. The number of carbonyl (C=O) groups is 1. The predicted octanol–water partition coefficient (Wildman–Crippen LogP) is 5.32. The van der Waals surface area contributed by atoms with E-state index in [0.717, 1.165) is 40.8 Å². The van der Waals surface area contributed by atoms with Crippen molar-refractivity contribution in [2.75, 3.05) is 0 Å². The van der Waals surface area contributed by atoms with Gasteiger partial charge in [0.15, 0.2) is 4.80 Å². The van der Waals surface area contributed by atoms with Gasteiger partial charge >= 0.3 is 5.97 Å². The second kappa shape index (κ2) is 8.89. The molecule has 1 aromatic heterocycles. The highest BCUT2D eigenvalue weighted by Gasteiger charge is 2.33. The van der Waals surface area contributed by atoms with Crippen LogP contribution in [-0.4, -0.2) is 15.6 Å². The molecule has 6 rings (SSSR count). The highest BCUT2D eigenvalue weighted by Crippen LogP contribution is 2.43. The molecular formula is C28H18Cl2N2O3S. The number of aromatic carboxylic acids is 1. The van der Waals surface area contributed by atoms with Gasteiger partial charge in [0.1, 0.15) is 0 Å². The number of carboxylic acid groups (broad SMARTS) is 1. The van der Waals surface area contributed by atoms with E-state index in [1.807, 2.05) is 18.2 Å². The van der Waals surface area contributed by atoms with Gasteiger partial charge in [-0.1, -0.05) is 77.0 Å². The van der Waals surface area contributed by atoms with Crippen molar-refractivity contribution in [3.05, 3.63) is 130 Å². The van der Waals surface area contributed by atoms with E-state index in [1.54, 1.807) is 34.9 Å². The molecule has 1 N–H and O–H groups in total. The molecule has 0 saturated carbocycles. The topological polar surface area (TPSA) is 71.7 Å². The largest absolute Gasteiger partial charge is 0.478 e. The van der Waals surface area contributed by atoms with Gasteiger partial charge in [0.25, 0.3) is 5.56 Å². The maximum Gasteiger partial charge on any atom is 0.335 e. The molecule has 3 aromatic carbocycles. The van der Waals surface area contributed by atoms with Crippen LogP contribution in [0.25, 0.3) is 11.8 Å². The maximum absolute atomic E-state index is 13.8. The van der Waals surface area contributed by atoms with Gasteiger partial charge in [-0.25, -0.2) is 9.79 Å². The molecule has 2 aliphatic rings. The van der Waals surface area contributed by atoms with Gasteiger partial charge < -0.3 is 5.11 Å². The lowest BCUT2D eigenvalue weighted by molar-refractivity contribution is 0.0697. The first-order valence-electron chi connectivity index (χ1n) is 11.3. The Hall–Kier alpha value is -3.45. The first kappa shape index (κ1) is 23.0. The van der Waals surface area contributed by atoms with E-state index in [4.69, 9.17) is 28.2 Å². The molecule has 36 heavy (non-hydrogen) atoms. The Kier molecular flexibility index (Phi) is 5.67. The Morgan fingerprint density at radius 3 is 2.58 bits per heavy atom. The zero-order chi connectivity index (χ0) is 25.0. The summed E-state index contributed by atoms with van der Waals surface area (Å²) in [6.45, 7) is 0. The van der Waals surface area contributed by atoms with Crippen LogP contribution in [0.1, 0.15) is 45.1 Å². The van der Waals surface area contributed by atoms with Gasteiger partial charge in [-0.15, -0.1) is 0 Å². The van der Waals surface area contributed by atoms with Crippen LogP contribution in [0.4, 0.5) is 0 Å². The summed E-state index contributed by atoms with van der Waals surface area (Å²) in [5.74, 6) is -0.994. The number of hydrogen-bond acceptors (Lipinski definition) is 4. The van der Waals surface area contributed by atoms with Crippen molar-refractivity contribution >= 4 is 52.3 Å². The molecule has 0 radical (unpaired) electrons. The number of benzene rings is 3. The molecule has 8 heteroatoms. The van der Waals surface area contributed by atoms with Crippen molar-refractivity contribution in [1.82, 2.24) is 4.57 Å². The number of aryl methyl sites for hydroxylation is 1. The lowest BCUT2D eigenvalue weighted by atomic mass is 9.83. The van der Waals surface area contributed by atoms with E-state index in [9.17, 15) is 14.7 Å². The number of nitrogens with zero attached hydrogens (tertiary/aromatic N) is 2. The van der Waals surface area contributed by atoms with Crippen LogP contribution in [0.5, 0.6) is 0 Å². The quantitative estimate of drug-likeness (QED) is 0.388. The molecular weight excluding hydrogens is 515 g/mol. The average Bonchev–Trinajstić information content (AvgIpc) is 3.18. The standard InChI is InChI=1S/C28H18Cl2N2O3S/c29-18-10-12-20(22(30)14-18)25-21-11-9-16-3-1-2-4-19(16)24(21)31-28-32(25)26(33)23(36-28)13-15-5-7-17(8-6-15)27(34)35/h1-8,10,12-14,25H,9,11H2,(H,34,35)/b23-13-. The minimum atomic E-state index is -0.994. The second-order valence-corrected chi connectivity index (χ2v) is 10.6. The van der Waals surface area contributed by atoms with E-state index >= 15 is 0 Å². The van der Waals surface area contributed by atoms with Crippen LogP contribution in [0, 0.1) is 0 Å². The van der Waals surface area contributed by atoms with Crippen molar-refractivity contribution in [3.63, 3.8) is 0 Å².